The minimum Gasteiger partial charge on any atom is -0.462 e. The van der Waals surface area contributed by atoms with Crippen LogP contribution in [0, 0.1) is 0 Å². The summed E-state index contributed by atoms with van der Waals surface area (Å²) >= 11 is 0. The Morgan fingerprint density at radius 1 is 1.15 bits per heavy atom. The minimum atomic E-state index is -0.504. The van der Waals surface area contributed by atoms with Gasteiger partial charge in [0.25, 0.3) is 0 Å². The van der Waals surface area contributed by atoms with Crippen LogP contribution in [0.25, 0.3) is 0 Å². The number of ether oxygens (including phenoxy) is 3. The Morgan fingerprint density at radius 2 is 1.70 bits per heavy atom. The van der Waals surface area contributed by atoms with Crippen LogP contribution in [-0.2, 0) is 19.0 Å². The Morgan fingerprint density at radius 3 is 2.10 bits per heavy atom. The van der Waals surface area contributed by atoms with Gasteiger partial charge in [-0.25, -0.2) is 4.79 Å². The minimum absolute atomic E-state index is 0.0342. The summed E-state index contributed by atoms with van der Waals surface area (Å²) in [6, 6.07) is 0.696. The van der Waals surface area contributed by atoms with Gasteiger partial charge in [-0.05, 0) is 46.2 Å². The van der Waals surface area contributed by atoms with Crippen molar-refractivity contribution < 1.29 is 19.0 Å². The van der Waals surface area contributed by atoms with Crippen LogP contribution in [-0.4, -0.2) is 40.6 Å². The molecular formula is C15H28O4Si. The van der Waals surface area contributed by atoms with E-state index in [1.165, 1.54) is 0 Å². The zero-order valence-corrected chi connectivity index (χ0v) is 14.6. The molecule has 0 aliphatic rings. The number of carbonyl (C=O) groups is 1. The molecule has 2 radical (unpaired) electrons. The Balaban J connectivity index is 4.89. The van der Waals surface area contributed by atoms with Crippen molar-refractivity contribution in [1.82, 2.24) is 0 Å². The summed E-state index contributed by atoms with van der Waals surface area (Å²) in [4.78, 5) is 12.0. The van der Waals surface area contributed by atoms with Crippen molar-refractivity contribution >= 4 is 15.5 Å². The second-order valence-electron chi connectivity index (χ2n) is 5.10. The van der Waals surface area contributed by atoms with Gasteiger partial charge in [-0.1, -0.05) is 13.5 Å². The van der Waals surface area contributed by atoms with Gasteiger partial charge >= 0.3 is 5.97 Å². The molecule has 0 unspecified atom stereocenters. The summed E-state index contributed by atoms with van der Waals surface area (Å²) in [5.41, 5.74) is 0.644. The third kappa shape index (κ3) is 9.28. The van der Waals surface area contributed by atoms with E-state index in [1.807, 2.05) is 34.6 Å². The maximum absolute atomic E-state index is 12.0. The van der Waals surface area contributed by atoms with Gasteiger partial charge in [-0.2, -0.15) is 0 Å². The first-order chi connectivity index (χ1) is 9.40. The Labute approximate surface area is 125 Å². The first kappa shape index (κ1) is 19.3. The molecule has 0 aromatic heterocycles. The molecule has 0 aromatic rings. The first-order valence-corrected chi connectivity index (χ1v) is 8.94. The number of rotatable bonds is 10. The molecule has 0 N–H and O–H groups in total. The molecule has 0 aliphatic carbocycles. The van der Waals surface area contributed by atoms with Crippen LogP contribution in [0.5, 0.6) is 0 Å². The summed E-state index contributed by atoms with van der Waals surface area (Å²) in [6.45, 7) is 12.3. The lowest BCUT2D eigenvalue weighted by molar-refractivity contribution is -0.154. The molecule has 116 valence electrons. The SMILES string of the molecule is CCCOC(=O)C(=CC(OC(C)C)OC(C)C)C[Si]C. The number of hydrogen-bond donors (Lipinski definition) is 0. The predicted octanol–water partition coefficient (Wildman–Crippen LogP) is 3.21. The molecule has 4 nitrogen and oxygen atoms in total. The van der Waals surface area contributed by atoms with Crippen molar-refractivity contribution in [3.8, 4) is 0 Å². The molecule has 5 heteroatoms. The molecule has 0 spiro atoms. The zero-order chi connectivity index (χ0) is 15.5. The molecule has 0 heterocycles. The Hall–Kier alpha value is -0.653. The molecule has 0 saturated carbocycles. The summed E-state index contributed by atoms with van der Waals surface area (Å²) in [6.07, 6.45) is 2.14. The van der Waals surface area contributed by atoms with Gasteiger partial charge in [0.2, 0.25) is 0 Å². The first-order valence-electron chi connectivity index (χ1n) is 7.24. The fraction of sp³-hybridized carbons (Fsp3) is 0.800. The van der Waals surface area contributed by atoms with Crippen LogP contribution >= 0.6 is 0 Å². The lowest BCUT2D eigenvalue weighted by Gasteiger charge is -2.21. The third-order valence-corrected chi connectivity index (χ3v) is 2.95. The van der Waals surface area contributed by atoms with Gasteiger partial charge in [0.1, 0.15) is 0 Å². The summed E-state index contributed by atoms with van der Waals surface area (Å²) in [5, 5.41) is 0. The van der Waals surface area contributed by atoms with Gasteiger partial charge < -0.3 is 14.2 Å². The monoisotopic (exact) mass is 300 g/mol. The Bertz CT molecular complexity index is 290. The highest BCUT2D eigenvalue weighted by molar-refractivity contribution is 6.35. The maximum atomic E-state index is 12.0. The predicted molar refractivity (Wildman–Crippen MR) is 82.0 cm³/mol. The van der Waals surface area contributed by atoms with Gasteiger partial charge in [-0.3, -0.25) is 0 Å². The second-order valence-corrected chi connectivity index (χ2v) is 6.16. The molecular weight excluding hydrogens is 272 g/mol. The average Bonchev–Trinajstić information content (AvgIpc) is 2.33. The maximum Gasteiger partial charge on any atom is 0.333 e. The van der Waals surface area contributed by atoms with E-state index in [4.69, 9.17) is 14.2 Å². The van der Waals surface area contributed by atoms with Crippen molar-refractivity contribution in [3.05, 3.63) is 11.6 Å². The molecule has 0 aliphatic heterocycles. The lowest BCUT2D eigenvalue weighted by Crippen LogP contribution is -2.24. The highest BCUT2D eigenvalue weighted by Crippen LogP contribution is 2.13. The van der Waals surface area contributed by atoms with E-state index in [2.05, 4.69) is 6.55 Å². The number of hydrogen-bond acceptors (Lipinski definition) is 4. The number of carbonyl (C=O) groups excluding carboxylic acids is 1. The van der Waals surface area contributed by atoms with Crippen LogP contribution in [0.3, 0.4) is 0 Å². The molecule has 0 bridgehead atoms. The molecule has 20 heavy (non-hydrogen) atoms. The highest BCUT2D eigenvalue weighted by atomic mass is 28.2. The van der Waals surface area contributed by atoms with Crippen molar-refractivity contribution in [2.75, 3.05) is 6.61 Å². The summed E-state index contributed by atoms with van der Waals surface area (Å²) in [5.74, 6) is -0.258. The van der Waals surface area contributed by atoms with E-state index < -0.39 is 6.29 Å². The van der Waals surface area contributed by atoms with Crippen LogP contribution < -0.4 is 0 Å². The highest BCUT2D eigenvalue weighted by Gasteiger charge is 2.17. The lowest BCUT2D eigenvalue weighted by atomic mass is 10.2. The average molecular weight is 300 g/mol. The normalized spacial score (nSPS) is 12.6. The van der Waals surface area contributed by atoms with Gasteiger partial charge in [-0.15, -0.1) is 0 Å². The molecule has 0 atom stereocenters. The van der Waals surface area contributed by atoms with Crippen LogP contribution in [0.1, 0.15) is 41.0 Å². The fourth-order valence-electron chi connectivity index (χ4n) is 1.49. The molecule has 0 saturated heterocycles. The second kappa shape index (κ2) is 11.1. The molecule has 0 fully saturated rings. The fourth-order valence-corrected chi connectivity index (χ4v) is 2.13. The molecule has 0 rings (SSSR count). The summed E-state index contributed by atoms with van der Waals surface area (Å²) in [7, 11) is 0.647. The third-order valence-electron chi connectivity index (χ3n) is 2.22. The van der Waals surface area contributed by atoms with Crippen molar-refractivity contribution in [1.29, 1.82) is 0 Å². The van der Waals surface area contributed by atoms with Crippen molar-refractivity contribution in [2.24, 2.45) is 0 Å². The van der Waals surface area contributed by atoms with Crippen molar-refractivity contribution in [2.45, 2.75) is 72.1 Å². The van der Waals surface area contributed by atoms with Crippen LogP contribution in [0.15, 0.2) is 11.6 Å². The largest absolute Gasteiger partial charge is 0.462 e. The van der Waals surface area contributed by atoms with Crippen LogP contribution in [0.2, 0.25) is 12.6 Å². The van der Waals surface area contributed by atoms with Gasteiger partial charge in [0, 0.05) is 15.1 Å². The molecule has 0 amide bonds. The Kier molecular flexibility index (Phi) is 10.7. The van der Waals surface area contributed by atoms with E-state index >= 15 is 0 Å². The van der Waals surface area contributed by atoms with E-state index in [1.54, 1.807) is 6.08 Å². The topological polar surface area (TPSA) is 44.8 Å². The van der Waals surface area contributed by atoms with Gasteiger partial charge in [0.15, 0.2) is 6.29 Å². The van der Waals surface area contributed by atoms with Crippen LogP contribution in [0.4, 0.5) is 0 Å². The molecule has 0 aromatic carbocycles. The number of esters is 1. The zero-order valence-electron chi connectivity index (χ0n) is 13.6. The van der Waals surface area contributed by atoms with E-state index in [-0.39, 0.29) is 18.2 Å². The smallest absolute Gasteiger partial charge is 0.333 e. The quantitative estimate of drug-likeness (QED) is 0.269. The standard InChI is InChI=1S/C15H28O4Si/c1-7-8-17-15(16)13(10-20-6)9-14(18-11(2)3)19-12(4)5/h9,11-12,14H,7-8,10H2,1-6H3. The summed E-state index contributed by atoms with van der Waals surface area (Å²) < 4.78 is 16.6. The van der Waals surface area contributed by atoms with Crippen molar-refractivity contribution in [3.63, 3.8) is 0 Å². The van der Waals surface area contributed by atoms with E-state index in [9.17, 15) is 4.79 Å². The van der Waals surface area contributed by atoms with Gasteiger partial charge in [0.05, 0.1) is 18.8 Å². The van der Waals surface area contributed by atoms with E-state index in [0.29, 0.717) is 27.7 Å². The van der Waals surface area contributed by atoms with E-state index in [0.717, 1.165) is 6.42 Å².